The zero-order valence-electron chi connectivity index (χ0n) is 13.3. The van der Waals surface area contributed by atoms with Crippen molar-refractivity contribution in [2.45, 2.75) is 6.54 Å². The van der Waals surface area contributed by atoms with Crippen molar-refractivity contribution in [3.63, 3.8) is 0 Å². The third kappa shape index (κ3) is 3.27. The van der Waals surface area contributed by atoms with E-state index in [9.17, 15) is 19.7 Å². The van der Waals surface area contributed by atoms with Crippen LogP contribution in [0, 0.1) is 10.1 Å². The Hall–Kier alpha value is -3.42. The van der Waals surface area contributed by atoms with Crippen LogP contribution in [0.15, 0.2) is 42.5 Å². The molecule has 25 heavy (non-hydrogen) atoms. The molecule has 0 aliphatic carbocycles. The number of ether oxygens (including phenoxy) is 2. The fraction of sp³-hybridized carbons (Fsp3) is 0.176. The van der Waals surface area contributed by atoms with Gasteiger partial charge in [-0.25, -0.2) is 4.79 Å². The number of benzene rings is 2. The summed E-state index contributed by atoms with van der Waals surface area (Å²) in [6.45, 7) is -0.0129. The van der Waals surface area contributed by atoms with Crippen molar-refractivity contribution in [1.82, 2.24) is 0 Å². The minimum Gasteiger partial charge on any atom is -0.482 e. The van der Waals surface area contributed by atoms with Crippen molar-refractivity contribution in [1.29, 1.82) is 0 Å². The Balaban J connectivity index is 1.93. The zero-order chi connectivity index (χ0) is 18.0. The molecule has 0 bridgehead atoms. The van der Waals surface area contributed by atoms with E-state index < -0.39 is 10.9 Å². The van der Waals surface area contributed by atoms with E-state index in [0.717, 1.165) is 0 Å². The summed E-state index contributed by atoms with van der Waals surface area (Å²) in [5.74, 6) is -0.397. The van der Waals surface area contributed by atoms with E-state index >= 15 is 0 Å². The van der Waals surface area contributed by atoms with Crippen LogP contribution in [-0.4, -0.2) is 30.5 Å². The number of rotatable bonds is 4. The molecule has 0 saturated heterocycles. The Morgan fingerprint density at radius 3 is 2.84 bits per heavy atom. The monoisotopic (exact) mass is 342 g/mol. The average Bonchev–Trinajstić information content (AvgIpc) is 2.63. The van der Waals surface area contributed by atoms with Crippen LogP contribution in [-0.2, 0) is 16.1 Å². The molecule has 2 aromatic carbocycles. The highest BCUT2D eigenvalue weighted by Crippen LogP contribution is 2.34. The molecule has 0 fully saturated rings. The van der Waals surface area contributed by atoms with Crippen LogP contribution in [0.3, 0.4) is 0 Å². The molecule has 2 aromatic rings. The molecule has 1 aliphatic heterocycles. The van der Waals surface area contributed by atoms with E-state index in [1.165, 1.54) is 36.3 Å². The van der Waals surface area contributed by atoms with Crippen LogP contribution < -0.4 is 9.64 Å². The van der Waals surface area contributed by atoms with Crippen molar-refractivity contribution in [3.05, 3.63) is 63.7 Å². The number of amides is 1. The molecule has 8 nitrogen and oxygen atoms in total. The number of methoxy groups -OCH3 is 1. The fourth-order valence-corrected chi connectivity index (χ4v) is 2.57. The Kier molecular flexibility index (Phi) is 4.34. The Bertz CT molecular complexity index is 864. The van der Waals surface area contributed by atoms with Gasteiger partial charge in [-0.15, -0.1) is 0 Å². The van der Waals surface area contributed by atoms with Crippen LogP contribution in [0.1, 0.15) is 15.9 Å². The lowest BCUT2D eigenvalue weighted by Gasteiger charge is -2.29. The van der Waals surface area contributed by atoms with Crippen LogP contribution >= 0.6 is 0 Å². The van der Waals surface area contributed by atoms with Crippen molar-refractivity contribution in [3.8, 4) is 5.75 Å². The van der Waals surface area contributed by atoms with Gasteiger partial charge in [0.05, 0.1) is 29.8 Å². The lowest BCUT2D eigenvalue weighted by atomic mass is 10.1. The first-order valence-corrected chi connectivity index (χ1v) is 7.38. The molecule has 128 valence electrons. The molecule has 0 N–H and O–H groups in total. The second-order valence-corrected chi connectivity index (χ2v) is 5.37. The van der Waals surface area contributed by atoms with Gasteiger partial charge in [-0.3, -0.25) is 14.9 Å². The lowest BCUT2D eigenvalue weighted by Crippen LogP contribution is -2.38. The highest BCUT2D eigenvalue weighted by Gasteiger charge is 2.27. The average molecular weight is 342 g/mol. The first-order chi connectivity index (χ1) is 12.0. The highest BCUT2D eigenvalue weighted by molar-refractivity contribution is 5.99. The fourth-order valence-electron chi connectivity index (χ4n) is 2.57. The van der Waals surface area contributed by atoms with Gasteiger partial charge in [0, 0.05) is 12.1 Å². The first kappa shape index (κ1) is 16.4. The van der Waals surface area contributed by atoms with Gasteiger partial charge >= 0.3 is 5.97 Å². The number of hydrogen-bond acceptors (Lipinski definition) is 6. The molecule has 1 amide bonds. The van der Waals surface area contributed by atoms with Crippen LogP contribution in [0.25, 0.3) is 0 Å². The van der Waals surface area contributed by atoms with Gasteiger partial charge in [0.2, 0.25) is 0 Å². The van der Waals surface area contributed by atoms with Crippen molar-refractivity contribution < 1.29 is 24.0 Å². The van der Waals surface area contributed by atoms with Gasteiger partial charge in [-0.2, -0.15) is 0 Å². The van der Waals surface area contributed by atoms with Crippen molar-refractivity contribution in [2.75, 3.05) is 18.6 Å². The predicted molar refractivity (Wildman–Crippen MR) is 87.6 cm³/mol. The molecular formula is C17H14N2O6. The summed E-state index contributed by atoms with van der Waals surface area (Å²) in [7, 11) is 1.28. The third-order valence-corrected chi connectivity index (χ3v) is 3.79. The number of non-ortho nitro benzene ring substituents is 1. The van der Waals surface area contributed by atoms with Crippen molar-refractivity contribution in [2.24, 2.45) is 0 Å². The van der Waals surface area contributed by atoms with E-state index in [1.54, 1.807) is 18.2 Å². The van der Waals surface area contributed by atoms with E-state index in [-0.39, 0.29) is 24.7 Å². The topological polar surface area (TPSA) is 99.0 Å². The second-order valence-electron chi connectivity index (χ2n) is 5.37. The molecule has 0 unspecified atom stereocenters. The molecular weight excluding hydrogens is 328 g/mol. The van der Waals surface area contributed by atoms with E-state index in [1.807, 2.05) is 0 Å². The standard InChI is InChI=1S/C17H14N2O6/c1-24-17(21)12-5-6-14-15(8-12)25-10-16(20)18(14)9-11-3-2-4-13(7-11)19(22)23/h2-8H,9-10H2,1H3. The van der Waals surface area contributed by atoms with E-state index in [2.05, 4.69) is 4.74 Å². The van der Waals surface area contributed by atoms with Gasteiger partial charge < -0.3 is 14.4 Å². The maximum atomic E-state index is 12.2. The SMILES string of the molecule is COC(=O)c1ccc2c(c1)OCC(=O)N2Cc1cccc([N+](=O)[O-])c1. The van der Waals surface area contributed by atoms with Crippen LogP contribution in [0.5, 0.6) is 5.75 Å². The summed E-state index contributed by atoms with van der Waals surface area (Å²) >= 11 is 0. The summed E-state index contributed by atoms with van der Waals surface area (Å²) in [6, 6.07) is 10.7. The Labute approximate surface area is 142 Å². The quantitative estimate of drug-likeness (QED) is 0.480. The van der Waals surface area contributed by atoms with Crippen LogP contribution in [0.2, 0.25) is 0 Å². The van der Waals surface area contributed by atoms with Gasteiger partial charge in [0.1, 0.15) is 5.75 Å². The summed E-state index contributed by atoms with van der Waals surface area (Å²) in [5, 5.41) is 10.9. The third-order valence-electron chi connectivity index (χ3n) is 3.79. The lowest BCUT2D eigenvalue weighted by molar-refractivity contribution is -0.384. The maximum absolute atomic E-state index is 12.2. The zero-order valence-corrected chi connectivity index (χ0v) is 13.3. The largest absolute Gasteiger partial charge is 0.482 e. The summed E-state index contributed by atoms with van der Waals surface area (Å²) in [6.07, 6.45) is 0. The molecule has 0 radical (unpaired) electrons. The normalized spacial score (nSPS) is 13.0. The number of hydrogen-bond donors (Lipinski definition) is 0. The van der Waals surface area contributed by atoms with Gasteiger partial charge in [0.15, 0.2) is 6.61 Å². The number of nitrogens with zero attached hydrogens (tertiary/aromatic N) is 2. The van der Waals surface area contributed by atoms with Crippen molar-refractivity contribution >= 4 is 23.3 Å². The van der Waals surface area contributed by atoms with Gasteiger partial charge in [-0.1, -0.05) is 12.1 Å². The molecule has 1 aliphatic rings. The smallest absolute Gasteiger partial charge is 0.337 e. The number of esters is 1. The minimum absolute atomic E-state index is 0.0422. The molecule has 8 heteroatoms. The summed E-state index contributed by atoms with van der Waals surface area (Å²) < 4.78 is 10.1. The van der Waals surface area contributed by atoms with Crippen LogP contribution in [0.4, 0.5) is 11.4 Å². The van der Waals surface area contributed by atoms with Gasteiger partial charge in [0.25, 0.3) is 11.6 Å². The number of nitro benzene ring substituents is 1. The first-order valence-electron chi connectivity index (χ1n) is 7.38. The van der Waals surface area contributed by atoms with E-state index in [4.69, 9.17) is 4.74 Å². The Morgan fingerprint density at radius 2 is 2.12 bits per heavy atom. The summed E-state index contributed by atoms with van der Waals surface area (Å²) in [4.78, 5) is 35.7. The number of carbonyl (C=O) groups excluding carboxylic acids is 2. The Morgan fingerprint density at radius 1 is 1.32 bits per heavy atom. The molecule has 1 heterocycles. The second kappa shape index (κ2) is 6.60. The molecule has 0 spiro atoms. The number of anilines is 1. The number of carbonyl (C=O) groups is 2. The number of fused-ring (bicyclic) bond motifs is 1. The van der Waals surface area contributed by atoms with E-state index in [0.29, 0.717) is 22.6 Å². The maximum Gasteiger partial charge on any atom is 0.337 e. The molecule has 0 aromatic heterocycles. The summed E-state index contributed by atoms with van der Waals surface area (Å²) in [5.41, 5.74) is 1.38. The molecule has 0 atom stereocenters. The highest BCUT2D eigenvalue weighted by atomic mass is 16.6. The minimum atomic E-state index is -0.506. The number of nitro groups is 1. The van der Waals surface area contributed by atoms with Gasteiger partial charge in [-0.05, 0) is 23.8 Å². The predicted octanol–water partition coefficient (Wildman–Crippen LogP) is 2.31. The molecule has 0 saturated carbocycles. The molecule has 3 rings (SSSR count).